The molecule has 0 atom stereocenters. The van der Waals surface area contributed by atoms with E-state index in [9.17, 15) is 4.79 Å². The number of fused-ring (bicyclic) bond motifs is 1. The molecular weight excluding hydrogens is 436 g/mol. The summed E-state index contributed by atoms with van der Waals surface area (Å²) in [5.41, 5.74) is 1.01. The zero-order valence-corrected chi connectivity index (χ0v) is 19.9. The Kier molecular flexibility index (Phi) is 8.72. The lowest BCUT2D eigenvalue weighted by Gasteiger charge is -2.09. The van der Waals surface area contributed by atoms with Crippen LogP contribution in [0.4, 0.5) is 0 Å². The zero-order chi connectivity index (χ0) is 21.3. The number of aryl methyl sites for hydroxylation is 1. The van der Waals surface area contributed by atoms with Crippen molar-refractivity contribution in [1.29, 1.82) is 0 Å². The summed E-state index contributed by atoms with van der Waals surface area (Å²) >= 11 is 5.05. The van der Waals surface area contributed by atoms with Crippen molar-refractivity contribution in [2.75, 3.05) is 32.0 Å². The van der Waals surface area contributed by atoms with E-state index >= 15 is 0 Å². The maximum Gasteiger partial charge on any atom is 0.248 e. The van der Waals surface area contributed by atoms with Crippen LogP contribution in [0.1, 0.15) is 12.8 Å². The molecule has 1 aromatic heterocycles. The molecule has 0 fully saturated rings. The lowest BCUT2D eigenvalue weighted by atomic mass is 10.3. The molecule has 0 spiro atoms. The summed E-state index contributed by atoms with van der Waals surface area (Å²) in [5.74, 6) is 3.12. The van der Waals surface area contributed by atoms with E-state index in [0.29, 0.717) is 17.9 Å². The van der Waals surface area contributed by atoms with E-state index in [1.165, 1.54) is 16.2 Å². The Labute approximate surface area is 189 Å². The van der Waals surface area contributed by atoms with E-state index in [1.54, 1.807) is 37.7 Å². The molecule has 0 aliphatic heterocycles. The standard InChI is InChI=1S/C22H26N2O3S3/c1-26-18-14-17-20(15-19(18)27-2)30-22(24(17)11-13-28-3)23-21(25)10-7-12-29-16-8-5-4-6-9-16/h4-6,8-9,14-15H,7,10-13H2,1-3H3. The maximum absolute atomic E-state index is 12.5. The summed E-state index contributed by atoms with van der Waals surface area (Å²) in [6.07, 6.45) is 3.33. The van der Waals surface area contributed by atoms with Gasteiger partial charge in [0.05, 0.1) is 24.4 Å². The molecule has 0 bridgehead atoms. The topological polar surface area (TPSA) is 52.8 Å². The second-order valence-electron chi connectivity index (χ2n) is 6.47. The highest BCUT2D eigenvalue weighted by Crippen LogP contribution is 2.33. The normalized spacial score (nSPS) is 11.8. The fourth-order valence-electron chi connectivity index (χ4n) is 2.97. The predicted molar refractivity (Wildman–Crippen MR) is 128 cm³/mol. The predicted octanol–water partition coefficient (Wildman–Crippen LogP) is 5.08. The maximum atomic E-state index is 12.5. The van der Waals surface area contributed by atoms with Gasteiger partial charge in [-0.3, -0.25) is 4.79 Å². The minimum Gasteiger partial charge on any atom is -0.493 e. The third kappa shape index (κ3) is 5.83. The van der Waals surface area contributed by atoms with E-state index in [1.807, 2.05) is 30.3 Å². The molecule has 0 unspecified atom stereocenters. The van der Waals surface area contributed by atoms with Crippen LogP contribution in [0.25, 0.3) is 10.2 Å². The van der Waals surface area contributed by atoms with Gasteiger partial charge in [-0.05, 0) is 30.6 Å². The summed E-state index contributed by atoms with van der Waals surface area (Å²) in [4.78, 5) is 18.9. The van der Waals surface area contributed by atoms with Gasteiger partial charge in [-0.15, -0.1) is 11.8 Å². The largest absolute Gasteiger partial charge is 0.493 e. The number of carbonyl (C=O) groups excluding carboxylic acids is 1. The number of thiazole rings is 1. The molecular formula is C22H26N2O3S3. The molecule has 2 aromatic carbocycles. The average Bonchev–Trinajstić information content (AvgIpc) is 3.10. The number of methoxy groups -OCH3 is 2. The lowest BCUT2D eigenvalue weighted by Crippen LogP contribution is -2.18. The number of nitrogens with zero attached hydrogens (tertiary/aromatic N) is 2. The van der Waals surface area contributed by atoms with Crippen LogP contribution < -0.4 is 14.3 Å². The Balaban J connectivity index is 1.78. The molecule has 0 aliphatic rings. The van der Waals surface area contributed by atoms with E-state index in [0.717, 1.165) is 39.5 Å². The fourth-order valence-corrected chi connectivity index (χ4v) is 5.30. The van der Waals surface area contributed by atoms with Gasteiger partial charge in [-0.1, -0.05) is 29.5 Å². The molecule has 30 heavy (non-hydrogen) atoms. The van der Waals surface area contributed by atoms with Crippen molar-refractivity contribution in [3.63, 3.8) is 0 Å². The van der Waals surface area contributed by atoms with Gasteiger partial charge in [-0.2, -0.15) is 16.8 Å². The average molecular weight is 463 g/mol. The van der Waals surface area contributed by atoms with Gasteiger partial charge in [-0.25, -0.2) is 0 Å². The molecule has 1 amide bonds. The molecule has 3 aromatic rings. The Morgan fingerprint density at radius 1 is 1.10 bits per heavy atom. The van der Waals surface area contributed by atoms with Gasteiger partial charge in [0.1, 0.15) is 0 Å². The number of carbonyl (C=O) groups is 1. The summed E-state index contributed by atoms with van der Waals surface area (Å²) in [7, 11) is 3.26. The van der Waals surface area contributed by atoms with Crippen molar-refractivity contribution in [2.24, 2.45) is 4.99 Å². The van der Waals surface area contributed by atoms with Crippen LogP contribution in [0.3, 0.4) is 0 Å². The number of rotatable bonds is 10. The Morgan fingerprint density at radius 2 is 1.83 bits per heavy atom. The molecule has 5 nitrogen and oxygen atoms in total. The minimum atomic E-state index is -0.0768. The molecule has 1 heterocycles. The Bertz CT molecular complexity index is 1040. The summed E-state index contributed by atoms with van der Waals surface area (Å²) < 4.78 is 14.0. The van der Waals surface area contributed by atoms with E-state index < -0.39 is 0 Å². The van der Waals surface area contributed by atoms with Crippen LogP contribution in [-0.4, -0.2) is 42.5 Å². The Hall–Kier alpha value is -1.90. The van der Waals surface area contributed by atoms with Crippen LogP contribution in [0.15, 0.2) is 52.4 Å². The smallest absolute Gasteiger partial charge is 0.248 e. The molecule has 0 radical (unpaired) electrons. The molecule has 0 saturated carbocycles. The summed E-state index contributed by atoms with van der Waals surface area (Å²) in [5, 5.41) is 0. The number of thioether (sulfide) groups is 2. The van der Waals surface area contributed by atoms with Crippen LogP contribution in [0, 0.1) is 0 Å². The highest BCUT2D eigenvalue weighted by molar-refractivity contribution is 7.99. The molecule has 0 aliphatic carbocycles. The van der Waals surface area contributed by atoms with E-state index in [4.69, 9.17) is 9.47 Å². The highest BCUT2D eigenvalue weighted by atomic mass is 32.2. The monoisotopic (exact) mass is 462 g/mol. The number of benzene rings is 2. The highest BCUT2D eigenvalue weighted by Gasteiger charge is 2.13. The molecule has 0 N–H and O–H groups in total. The van der Waals surface area contributed by atoms with Gasteiger partial charge < -0.3 is 14.0 Å². The molecule has 160 valence electrons. The minimum absolute atomic E-state index is 0.0768. The second kappa shape index (κ2) is 11.5. The van der Waals surface area contributed by atoms with Crippen molar-refractivity contribution >= 4 is 51.0 Å². The van der Waals surface area contributed by atoms with E-state index in [-0.39, 0.29) is 5.91 Å². The Morgan fingerprint density at radius 3 is 2.53 bits per heavy atom. The fraction of sp³-hybridized carbons (Fsp3) is 0.364. The summed E-state index contributed by atoms with van der Waals surface area (Å²) in [6, 6.07) is 14.2. The molecule has 0 saturated heterocycles. The number of aromatic nitrogens is 1. The van der Waals surface area contributed by atoms with Gasteiger partial charge >= 0.3 is 0 Å². The lowest BCUT2D eigenvalue weighted by molar-refractivity contribution is -0.118. The first-order valence-electron chi connectivity index (χ1n) is 9.66. The summed E-state index contributed by atoms with van der Waals surface area (Å²) in [6.45, 7) is 0.784. The SMILES string of the molecule is COc1cc2sc(=NC(=O)CCCSc3ccccc3)n(CCSC)c2cc1OC. The van der Waals surface area contributed by atoms with Gasteiger partial charge in [0, 0.05) is 35.7 Å². The number of ether oxygens (including phenoxy) is 2. The zero-order valence-electron chi connectivity index (χ0n) is 17.4. The van der Waals surface area contributed by atoms with Crippen molar-refractivity contribution in [1.82, 2.24) is 4.57 Å². The van der Waals surface area contributed by atoms with Crippen molar-refractivity contribution in [2.45, 2.75) is 24.3 Å². The van der Waals surface area contributed by atoms with Crippen molar-refractivity contribution in [3.05, 3.63) is 47.3 Å². The molecule has 8 heteroatoms. The quantitative estimate of drug-likeness (QED) is 0.311. The first-order chi connectivity index (χ1) is 14.7. The first kappa shape index (κ1) is 22.8. The third-order valence-electron chi connectivity index (χ3n) is 4.47. The second-order valence-corrected chi connectivity index (χ2v) is 9.64. The number of amides is 1. The van der Waals surface area contributed by atoms with Crippen molar-refractivity contribution in [3.8, 4) is 11.5 Å². The molecule has 3 rings (SSSR count). The van der Waals surface area contributed by atoms with Crippen LogP contribution in [0.2, 0.25) is 0 Å². The first-order valence-corrected chi connectivity index (χ1v) is 12.9. The number of hydrogen-bond acceptors (Lipinski definition) is 6. The third-order valence-corrected chi connectivity index (χ3v) is 7.20. The van der Waals surface area contributed by atoms with Gasteiger partial charge in [0.2, 0.25) is 5.91 Å². The van der Waals surface area contributed by atoms with Crippen LogP contribution >= 0.6 is 34.9 Å². The number of hydrogen-bond donors (Lipinski definition) is 0. The van der Waals surface area contributed by atoms with Crippen molar-refractivity contribution < 1.29 is 14.3 Å². The van der Waals surface area contributed by atoms with Gasteiger partial charge in [0.25, 0.3) is 0 Å². The van der Waals surface area contributed by atoms with Crippen LogP contribution in [-0.2, 0) is 11.3 Å². The van der Waals surface area contributed by atoms with E-state index in [2.05, 4.69) is 27.9 Å². The van der Waals surface area contributed by atoms with Crippen LogP contribution in [0.5, 0.6) is 11.5 Å². The van der Waals surface area contributed by atoms with Gasteiger partial charge in [0.15, 0.2) is 16.3 Å².